The summed E-state index contributed by atoms with van der Waals surface area (Å²) in [6, 6.07) is 7.72. The molecule has 1 heterocycles. The lowest BCUT2D eigenvalue weighted by atomic mass is 10.0. The minimum Gasteiger partial charge on any atom is -0.508 e. The number of rotatable bonds is 1. The molecule has 70 valence electrons. The van der Waals surface area contributed by atoms with Gasteiger partial charge < -0.3 is 15.7 Å². The predicted octanol–water partition coefficient (Wildman–Crippen LogP) is 0.626. The molecule has 1 aliphatic rings. The van der Waals surface area contributed by atoms with Gasteiger partial charge in [-0.05, 0) is 6.07 Å². The van der Waals surface area contributed by atoms with Gasteiger partial charge in [0.25, 0.3) is 0 Å². The Morgan fingerprint density at radius 1 is 1.23 bits per heavy atom. The van der Waals surface area contributed by atoms with E-state index in [-0.39, 0.29) is 6.04 Å². The first-order valence-corrected chi connectivity index (χ1v) is 4.60. The number of benzene rings is 1. The van der Waals surface area contributed by atoms with Crippen molar-refractivity contribution in [3.63, 3.8) is 0 Å². The van der Waals surface area contributed by atoms with Crippen LogP contribution in [0.25, 0.3) is 0 Å². The molecule has 1 atom stereocenters. The highest BCUT2D eigenvalue weighted by Crippen LogP contribution is 2.23. The summed E-state index contributed by atoms with van der Waals surface area (Å²) in [5, 5.41) is 16.2. The summed E-state index contributed by atoms with van der Waals surface area (Å²) < 4.78 is 0. The average Bonchev–Trinajstić information content (AvgIpc) is 2.20. The van der Waals surface area contributed by atoms with Crippen molar-refractivity contribution in [1.82, 2.24) is 10.6 Å². The van der Waals surface area contributed by atoms with Crippen molar-refractivity contribution < 1.29 is 5.11 Å². The third-order valence-electron chi connectivity index (χ3n) is 2.35. The molecule has 1 fully saturated rings. The third-order valence-corrected chi connectivity index (χ3v) is 2.35. The molecule has 3 N–H and O–H groups in total. The van der Waals surface area contributed by atoms with Crippen molar-refractivity contribution in [3.05, 3.63) is 29.8 Å². The van der Waals surface area contributed by atoms with Gasteiger partial charge in [0.2, 0.25) is 0 Å². The maximum absolute atomic E-state index is 9.59. The Bertz CT molecular complexity index is 282. The van der Waals surface area contributed by atoms with Gasteiger partial charge in [-0.15, -0.1) is 0 Å². The molecule has 1 aromatic carbocycles. The summed E-state index contributed by atoms with van der Waals surface area (Å²) in [7, 11) is 0. The van der Waals surface area contributed by atoms with Crippen LogP contribution in [0.15, 0.2) is 24.3 Å². The number of para-hydroxylation sites is 1. The average molecular weight is 178 g/mol. The van der Waals surface area contributed by atoms with Crippen molar-refractivity contribution >= 4 is 0 Å². The van der Waals surface area contributed by atoms with E-state index in [1.165, 1.54) is 0 Å². The van der Waals surface area contributed by atoms with Gasteiger partial charge in [0.1, 0.15) is 5.75 Å². The van der Waals surface area contributed by atoms with Crippen LogP contribution in [0.3, 0.4) is 0 Å². The standard InChI is InChI=1S/C10H14N2O/c13-10-4-2-1-3-8(10)9-7-11-5-6-12-9/h1-4,9,11-13H,5-7H2. The molecule has 1 aromatic rings. The lowest BCUT2D eigenvalue weighted by molar-refractivity contribution is 0.404. The van der Waals surface area contributed by atoms with Gasteiger partial charge >= 0.3 is 0 Å². The highest BCUT2D eigenvalue weighted by atomic mass is 16.3. The first-order valence-electron chi connectivity index (χ1n) is 4.60. The zero-order valence-electron chi connectivity index (χ0n) is 7.46. The van der Waals surface area contributed by atoms with Crippen molar-refractivity contribution in [1.29, 1.82) is 0 Å². The molecule has 0 radical (unpaired) electrons. The summed E-state index contributed by atoms with van der Waals surface area (Å²) in [5.41, 5.74) is 0.981. The van der Waals surface area contributed by atoms with Crippen LogP contribution in [0, 0.1) is 0 Å². The maximum Gasteiger partial charge on any atom is 0.120 e. The second-order valence-corrected chi connectivity index (χ2v) is 3.27. The minimum absolute atomic E-state index is 0.245. The van der Waals surface area contributed by atoms with Crippen molar-refractivity contribution in [2.75, 3.05) is 19.6 Å². The van der Waals surface area contributed by atoms with Crippen LogP contribution in [0.4, 0.5) is 0 Å². The van der Waals surface area contributed by atoms with Crippen LogP contribution in [0.2, 0.25) is 0 Å². The number of phenols is 1. The second-order valence-electron chi connectivity index (χ2n) is 3.27. The van der Waals surface area contributed by atoms with E-state index >= 15 is 0 Å². The summed E-state index contributed by atoms with van der Waals surface area (Å²) in [6.45, 7) is 2.85. The molecule has 0 spiro atoms. The van der Waals surface area contributed by atoms with Gasteiger partial charge in [-0.1, -0.05) is 18.2 Å². The van der Waals surface area contributed by atoms with Crippen molar-refractivity contribution in [2.45, 2.75) is 6.04 Å². The van der Waals surface area contributed by atoms with E-state index < -0.39 is 0 Å². The number of piperazine rings is 1. The predicted molar refractivity (Wildman–Crippen MR) is 51.7 cm³/mol. The SMILES string of the molecule is Oc1ccccc1C1CNCCN1. The number of phenolic OH excluding ortho intramolecular Hbond substituents is 1. The normalized spacial score (nSPS) is 22.9. The first kappa shape index (κ1) is 8.53. The number of hydrogen-bond acceptors (Lipinski definition) is 3. The summed E-state index contributed by atoms with van der Waals surface area (Å²) in [4.78, 5) is 0. The zero-order chi connectivity index (χ0) is 9.10. The van der Waals surface area contributed by atoms with Gasteiger partial charge in [0.05, 0.1) is 0 Å². The smallest absolute Gasteiger partial charge is 0.120 e. The van der Waals surface area contributed by atoms with E-state index in [1.54, 1.807) is 6.07 Å². The molecule has 0 aliphatic carbocycles. The van der Waals surface area contributed by atoms with Crippen LogP contribution in [-0.2, 0) is 0 Å². The van der Waals surface area contributed by atoms with Crippen molar-refractivity contribution in [3.8, 4) is 5.75 Å². The molecule has 13 heavy (non-hydrogen) atoms. The van der Waals surface area contributed by atoms with Gasteiger partial charge in [-0.25, -0.2) is 0 Å². The van der Waals surface area contributed by atoms with E-state index in [1.807, 2.05) is 18.2 Å². The van der Waals surface area contributed by atoms with Crippen LogP contribution in [0.5, 0.6) is 5.75 Å². The topological polar surface area (TPSA) is 44.3 Å². The number of hydrogen-bond donors (Lipinski definition) is 3. The lowest BCUT2D eigenvalue weighted by Gasteiger charge is -2.25. The van der Waals surface area contributed by atoms with Crippen molar-refractivity contribution in [2.24, 2.45) is 0 Å². The fourth-order valence-corrected chi connectivity index (χ4v) is 1.66. The highest BCUT2D eigenvalue weighted by molar-refractivity contribution is 5.34. The van der Waals surface area contributed by atoms with Gasteiger partial charge in [0, 0.05) is 31.2 Å². The first-order chi connectivity index (χ1) is 6.38. The molecule has 1 aliphatic heterocycles. The molecule has 0 bridgehead atoms. The Kier molecular flexibility index (Phi) is 2.47. The van der Waals surface area contributed by atoms with E-state index in [2.05, 4.69) is 10.6 Å². The Morgan fingerprint density at radius 2 is 2.08 bits per heavy atom. The van der Waals surface area contributed by atoms with Crippen LogP contribution in [-0.4, -0.2) is 24.7 Å². The molecular formula is C10H14N2O. The molecule has 0 aromatic heterocycles. The van der Waals surface area contributed by atoms with Crippen LogP contribution < -0.4 is 10.6 Å². The maximum atomic E-state index is 9.59. The number of nitrogens with one attached hydrogen (secondary N) is 2. The monoisotopic (exact) mass is 178 g/mol. The van der Waals surface area contributed by atoms with E-state index in [0.717, 1.165) is 25.2 Å². The molecule has 2 rings (SSSR count). The van der Waals surface area contributed by atoms with Gasteiger partial charge in [-0.3, -0.25) is 0 Å². The molecule has 3 heteroatoms. The van der Waals surface area contributed by atoms with Crippen LogP contribution >= 0.6 is 0 Å². The van der Waals surface area contributed by atoms with E-state index in [9.17, 15) is 5.11 Å². The van der Waals surface area contributed by atoms with E-state index in [4.69, 9.17) is 0 Å². The Balaban J connectivity index is 2.18. The quantitative estimate of drug-likeness (QED) is 0.591. The zero-order valence-corrected chi connectivity index (χ0v) is 7.46. The summed E-state index contributed by atoms with van der Waals surface area (Å²) in [5.74, 6) is 0.378. The molecule has 3 nitrogen and oxygen atoms in total. The highest BCUT2D eigenvalue weighted by Gasteiger charge is 2.16. The molecule has 1 saturated heterocycles. The molecule has 0 saturated carbocycles. The molecule has 1 unspecified atom stereocenters. The fourth-order valence-electron chi connectivity index (χ4n) is 1.66. The Hall–Kier alpha value is -1.06. The largest absolute Gasteiger partial charge is 0.508 e. The summed E-state index contributed by atoms with van der Waals surface area (Å²) >= 11 is 0. The lowest BCUT2D eigenvalue weighted by Crippen LogP contribution is -2.42. The van der Waals surface area contributed by atoms with E-state index in [0.29, 0.717) is 5.75 Å². The van der Waals surface area contributed by atoms with Gasteiger partial charge in [0.15, 0.2) is 0 Å². The Morgan fingerprint density at radius 3 is 2.77 bits per heavy atom. The third kappa shape index (κ3) is 1.82. The second kappa shape index (κ2) is 3.77. The summed E-state index contributed by atoms with van der Waals surface area (Å²) in [6.07, 6.45) is 0. The Labute approximate surface area is 77.8 Å². The van der Waals surface area contributed by atoms with Crippen LogP contribution in [0.1, 0.15) is 11.6 Å². The van der Waals surface area contributed by atoms with Gasteiger partial charge in [-0.2, -0.15) is 0 Å². The number of aromatic hydroxyl groups is 1. The minimum atomic E-state index is 0.245. The molecular weight excluding hydrogens is 164 g/mol. The fraction of sp³-hybridized carbons (Fsp3) is 0.400. The molecule has 0 amide bonds.